The molecule has 0 rings (SSSR count). The largest absolute Gasteiger partial charge is 0.756 e. The van der Waals surface area contributed by atoms with Gasteiger partial charge in [0.15, 0.2) is 0 Å². The van der Waals surface area contributed by atoms with Crippen molar-refractivity contribution in [2.24, 2.45) is 0 Å². The van der Waals surface area contributed by atoms with Crippen molar-refractivity contribution < 1.29 is 37.3 Å². The maximum atomic E-state index is 13.5. The summed E-state index contributed by atoms with van der Waals surface area (Å²) in [5.41, 5.74) is 0. The number of esters is 1. The Morgan fingerprint density at radius 2 is 0.810 bits per heavy atom. The SMILES string of the molecule is CC/C=C\C/C=C\C/C=C\C/C=C\C/C=C\CCCCCCCC(=O)NC(COP(=O)([O-])OCC[N+](C)(C)C)C(/C=C/CCCCCCCCCCC)OC(=O)CCCCCCCCCC/C=C\C/C=C\C/C=C\CCCCC. The lowest BCUT2D eigenvalue weighted by Crippen LogP contribution is -2.47. The number of likely N-dealkylation sites (N-methyl/N-ethyl adjacent to an activating group) is 1. The fourth-order valence-corrected chi connectivity index (χ4v) is 9.45. The number of nitrogens with zero attached hydrogens (tertiary/aromatic N) is 1. The summed E-state index contributed by atoms with van der Waals surface area (Å²) in [5.74, 6) is -0.576. The van der Waals surface area contributed by atoms with Crippen LogP contribution in [0.4, 0.5) is 0 Å². The lowest BCUT2D eigenvalue weighted by molar-refractivity contribution is -0.870. The van der Waals surface area contributed by atoms with Crippen molar-refractivity contribution in [2.75, 3.05) is 40.9 Å². The number of carbonyl (C=O) groups excluding carboxylic acids is 2. The van der Waals surface area contributed by atoms with Crippen LogP contribution in [0.25, 0.3) is 0 Å². The molecule has 10 heteroatoms. The first-order valence-corrected chi connectivity index (χ1v) is 33.7. The standard InChI is InChI=1S/C69H121N2O7P/c1-7-10-13-16-19-22-25-27-29-31-33-35-37-39-41-43-46-49-52-55-58-61-68(72)70-66(65-77-79(74,75)76-64-63-71(4,5)6)67(60-57-54-51-48-45-24-21-18-15-12-9-3)78-69(73)62-59-56-53-50-47-44-42-40-38-36-34-32-30-28-26-23-20-17-14-11-8-2/h10,13,19-20,22-23,27-30,33-36,39,41,57,60,66-67H,7-9,11-12,14-18,21,24-26,31-32,37-38,40,42-56,58-59,61-65H2,1-6H3,(H-,70,72,74,75)/b13-10-,22-19-,23-20-,29-27-,30-28-,35-33-,36-34-,41-39-,60-57+. The lowest BCUT2D eigenvalue weighted by Gasteiger charge is -2.30. The van der Waals surface area contributed by atoms with Crippen LogP contribution in [0.5, 0.6) is 0 Å². The van der Waals surface area contributed by atoms with Gasteiger partial charge in [0.05, 0.1) is 33.8 Å². The van der Waals surface area contributed by atoms with Crippen LogP contribution in [-0.2, 0) is 27.9 Å². The second kappa shape index (κ2) is 57.9. The first-order chi connectivity index (χ1) is 38.4. The predicted molar refractivity (Wildman–Crippen MR) is 339 cm³/mol. The van der Waals surface area contributed by atoms with Gasteiger partial charge in [-0.05, 0) is 115 Å². The fourth-order valence-electron chi connectivity index (χ4n) is 8.73. The van der Waals surface area contributed by atoms with Crippen molar-refractivity contribution in [3.63, 3.8) is 0 Å². The number of phosphoric ester groups is 1. The average molecular weight is 1120 g/mol. The van der Waals surface area contributed by atoms with Crippen molar-refractivity contribution in [2.45, 2.75) is 277 Å². The number of rotatable bonds is 57. The van der Waals surface area contributed by atoms with Gasteiger partial charge < -0.3 is 28.5 Å². The molecule has 79 heavy (non-hydrogen) atoms. The van der Waals surface area contributed by atoms with Crippen LogP contribution in [0.3, 0.4) is 0 Å². The van der Waals surface area contributed by atoms with Crippen molar-refractivity contribution in [3.8, 4) is 0 Å². The van der Waals surface area contributed by atoms with Crippen molar-refractivity contribution in [1.29, 1.82) is 0 Å². The van der Waals surface area contributed by atoms with Gasteiger partial charge in [-0.15, -0.1) is 0 Å². The van der Waals surface area contributed by atoms with Crippen LogP contribution in [0.2, 0.25) is 0 Å². The van der Waals surface area contributed by atoms with Gasteiger partial charge in [0.2, 0.25) is 5.91 Å². The summed E-state index contributed by atoms with van der Waals surface area (Å²) in [5, 5.41) is 3.02. The molecule has 9 nitrogen and oxygen atoms in total. The van der Waals surface area contributed by atoms with E-state index in [9.17, 15) is 19.0 Å². The monoisotopic (exact) mass is 1120 g/mol. The van der Waals surface area contributed by atoms with E-state index in [1.807, 2.05) is 33.3 Å². The van der Waals surface area contributed by atoms with Crippen LogP contribution in [0.1, 0.15) is 265 Å². The Labute approximate surface area is 487 Å². The summed E-state index contributed by atoms with van der Waals surface area (Å²) in [6.45, 7) is 6.67. The predicted octanol–water partition coefficient (Wildman–Crippen LogP) is 19.5. The van der Waals surface area contributed by atoms with E-state index in [2.05, 4.69) is 123 Å². The van der Waals surface area contributed by atoms with Gasteiger partial charge in [-0.1, -0.05) is 246 Å². The van der Waals surface area contributed by atoms with Gasteiger partial charge >= 0.3 is 5.97 Å². The van der Waals surface area contributed by atoms with E-state index in [0.717, 1.165) is 122 Å². The number of amides is 1. The molecule has 1 N–H and O–H groups in total. The molecule has 0 aromatic heterocycles. The number of quaternary nitrogens is 1. The molecular formula is C69H121N2O7P. The molecule has 1 amide bonds. The van der Waals surface area contributed by atoms with E-state index in [1.54, 1.807) is 0 Å². The molecule has 0 aromatic rings. The quantitative estimate of drug-likeness (QED) is 0.0212. The summed E-state index contributed by atoms with van der Waals surface area (Å²) in [4.78, 5) is 40.0. The Balaban J connectivity index is 5.23. The molecule has 0 fully saturated rings. The summed E-state index contributed by atoms with van der Waals surface area (Å²) in [6.07, 6.45) is 79.1. The summed E-state index contributed by atoms with van der Waals surface area (Å²) in [6, 6.07) is -0.909. The summed E-state index contributed by atoms with van der Waals surface area (Å²) >= 11 is 0. The van der Waals surface area contributed by atoms with Gasteiger partial charge in [0.1, 0.15) is 19.3 Å². The van der Waals surface area contributed by atoms with E-state index >= 15 is 0 Å². The topological polar surface area (TPSA) is 114 Å². The zero-order valence-corrected chi connectivity index (χ0v) is 52.7. The summed E-state index contributed by atoms with van der Waals surface area (Å²) in [7, 11) is 1.15. The minimum atomic E-state index is -4.71. The normalized spacial score (nSPS) is 14.4. The number of carbonyl (C=O) groups is 2. The maximum absolute atomic E-state index is 13.5. The highest BCUT2D eigenvalue weighted by Gasteiger charge is 2.27. The number of nitrogens with one attached hydrogen (secondary N) is 1. The molecule has 454 valence electrons. The van der Waals surface area contributed by atoms with Gasteiger partial charge in [0, 0.05) is 12.8 Å². The first-order valence-electron chi connectivity index (χ1n) is 32.2. The minimum Gasteiger partial charge on any atom is -0.756 e. The van der Waals surface area contributed by atoms with E-state index in [1.165, 1.54) is 96.3 Å². The molecule has 0 aliphatic rings. The van der Waals surface area contributed by atoms with Crippen molar-refractivity contribution >= 4 is 19.7 Å². The average Bonchev–Trinajstić information content (AvgIpc) is 3.41. The number of ether oxygens (including phenoxy) is 1. The smallest absolute Gasteiger partial charge is 0.306 e. The highest BCUT2D eigenvalue weighted by molar-refractivity contribution is 7.45. The third-order valence-electron chi connectivity index (χ3n) is 13.7. The number of hydrogen-bond donors (Lipinski definition) is 1. The van der Waals surface area contributed by atoms with Crippen molar-refractivity contribution in [1.82, 2.24) is 5.32 Å². The Bertz CT molecular complexity index is 1720. The number of phosphoric acid groups is 1. The fraction of sp³-hybridized carbons (Fsp3) is 0.710. The molecule has 0 aliphatic heterocycles. The second-order valence-electron chi connectivity index (χ2n) is 22.5. The highest BCUT2D eigenvalue weighted by Crippen LogP contribution is 2.38. The molecule has 0 heterocycles. The number of allylic oxidation sites excluding steroid dienone is 17. The van der Waals surface area contributed by atoms with Crippen molar-refractivity contribution in [3.05, 3.63) is 109 Å². The van der Waals surface area contributed by atoms with Crippen LogP contribution < -0.4 is 10.2 Å². The zero-order valence-electron chi connectivity index (χ0n) is 51.8. The van der Waals surface area contributed by atoms with Crippen LogP contribution in [-0.4, -0.2) is 69.4 Å². The van der Waals surface area contributed by atoms with E-state index in [0.29, 0.717) is 23.9 Å². The van der Waals surface area contributed by atoms with Gasteiger partial charge in [-0.2, -0.15) is 0 Å². The summed E-state index contributed by atoms with van der Waals surface area (Å²) < 4.78 is 30.3. The van der Waals surface area contributed by atoms with E-state index in [-0.39, 0.29) is 31.3 Å². The number of unbranched alkanes of at least 4 members (excludes halogenated alkanes) is 25. The Hall–Kier alpha value is -3.33. The maximum Gasteiger partial charge on any atom is 0.306 e. The van der Waals surface area contributed by atoms with Crippen LogP contribution in [0.15, 0.2) is 109 Å². The molecule has 0 aliphatic carbocycles. The Morgan fingerprint density at radius 1 is 0.456 bits per heavy atom. The van der Waals surface area contributed by atoms with Gasteiger partial charge in [-0.25, -0.2) is 0 Å². The Morgan fingerprint density at radius 3 is 1.24 bits per heavy atom. The molecule has 0 saturated carbocycles. The highest BCUT2D eigenvalue weighted by atomic mass is 31.2. The molecule has 0 aromatic carbocycles. The molecule has 0 spiro atoms. The molecule has 3 unspecified atom stereocenters. The third-order valence-corrected chi connectivity index (χ3v) is 14.7. The second-order valence-corrected chi connectivity index (χ2v) is 23.9. The van der Waals surface area contributed by atoms with E-state index < -0.39 is 26.6 Å². The van der Waals surface area contributed by atoms with Gasteiger partial charge in [-0.3, -0.25) is 14.2 Å². The first kappa shape index (κ1) is 75.7. The van der Waals surface area contributed by atoms with Gasteiger partial charge in [0.25, 0.3) is 7.82 Å². The van der Waals surface area contributed by atoms with Crippen LogP contribution >= 0.6 is 7.82 Å². The van der Waals surface area contributed by atoms with Crippen LogP contribution in [0, 0.1) is 0 Å². The third kappa shape index (κ3) is 59.1. The molecule has 0 radical (unpaired) electrons. The molecule has 0 saturated heterocycles. The molecular weight excluding hydrogens is 1000 g/mol. The molecule has 0 bridgehead atoms. The minimum absolute atomic E-state index is 0.0332. The molecule has 3 atom stereocenters. The lowest BCUT2D eigenvalue weighted by atomic mass is 10.1. The Kier molecular flexibility index (Phi) is 55.4. The zero-order chi connectivity index (χ0) is 57.9. The number of hydrogen-bond acceptors (Lipinski definition) is 7. The van der Waals surface area contributed by atoms with E-state index in [4.69, 9.17) is 13.8 Å².